The first-order valence-electron chi connectivity index (χ1n) is 8.74. The first-order chi connectivity index (χ1) is 11.5. The third-order valence-electron chi connectivity index (χ3n) is 5.38. The lowest BCUT2D eigenvalue weighted by Gasteiger charge is -2.37. The number of carbonyl (C=O) groups excluding carboxylic acids is 1. The normalized spacial score (nSPS) is 29.5. The van der Waals surface area contributed by atoms with Crippen LogP contribution in [-0.2, 0) is 20.7 Å². The molecule has 1 fully saturated rings. The van der Waals surface area contributed by atoms with E-state index in [9.17, 15) is 14.7 Å². The number of carboxylic acids is 1. The molecule has 3 rings (SSSR count). The summed E-state index contributed by atoms with van der Waals surface area (Å²) in [5.74, 6) is -0.649. The van der Waals surface area contributed by atoms with E-state index < -0.39 is 11.5 Å². The Morgan fingerprint density at radius 3 is 2.71 bits per heavy atom. The van der Waals surface area contributed by atoms with Crippen molar-refractivity contribution in [3.05, 3.63) is 35.4 Å². The average molecular weight is 331 g/mol. The number of hydrogen-bond acceptors (Lipinski definition) is 3. The van der Waals surface area contributed by atoms with Crippen LogP contribution in [0.15, 0.2) is 24.3 Å². The molecule has 24 heavy (non-hydrogen) atoms. The van der Waals surface area contributed by atoms with Gasteiger partial charge in [0.1, 0.15) is 5.54 Å². The average Bonchev–Trinajstić information content (AvgIpc) is 2.57. The molecule has 1 aliphatic carbocycles. The van der Waals surface area contributed by atoms with Crippen LogP contribution in [0.3, 0.4) is 0 Å². The maximum Gasteiger partial charge on any atom is 0.329 e. The Hall–Kier alpha value is -1.88. The molecule has 1 unspecified atom stereocenters. The van der Waals surface area contributed by atoms with Crippen molar-refractivity contribution in [3.8, 4) is 0 Å². The van der Waals surface area contributed by atoms with E-state index in [1.165, 1.54) is 5.56 Å². The van der Waals surface area contributed by atoms with Gasteiger partial charge >= 0.3 is 5.97 Å². The number of benzene rings is 1. The molecular formula is C19H25NO4. The zero-order chi connectivity index (χ0) is 17.2. The number of carboxylic acid groups (broad SMARTS) is 1. The second-order valence-electron chi connectivity index (χ2n) is 7.13. The van der Waals surface area contributed by atoms with Crippen LogP contribution in [0.2, 0.25) is 0 Å². The number of aliphatic carboxylic acids is 1. The summed E-state index contributed by atoms with van der Waals surface area (Å²) < 4.78 is 5.77. The lowest BCUT2D eigenvalue weighted by molar-refractivity contribution is -0.150. The first kappa shape index (κ1) is 17.0. The monoisotopic (exact) mass is 331 g/mol. The Morgan fingerprint density at radius 2 is 2.00 bits per heavy atom. The topological polar surface area (TPSA) is 75.6 Å². The molecule has 1 saturated carbocycles. The van der Waals surface area contributed by atoms with E-state index in [1.807, 2.05) is 18.2 Å². The predicted molar refractivity (Wildman–Crippen MR) is 89.6 cm³/mol. The van der Waals surface area contributed by atoms with Crippen LogP contribution >= 0.6 is 0 Å². The fourth-order valence-corrected chi connectivity index (χ4v) is 3.78. The van der Waals surface area contributed by atoms with Crippen molar-refractivity contribution in [1.82, 2.24) is 5.32 Å². The van der Waals surface area contributed by atoms with Crippen LogP contribution in [0.5, 0.6) is 0 Å². The number of ether oxygens (including phenoxy) is 1. The molecule has 0 spiro atoms. The van der Waals surface area contributed by atoms with Crippen LogP contribution in [0.25, 0.3) is 0 Å². The van der Waals surface area contributed by atoms with Crippen molar-refractivity contribution in [2.24, 2.45) is 5.92 Å². The number of hydrogen-bond donors (Lipinski definition) is 2. The van der Waals surface area contributed by atoms with Gasteiger partial charge in [0, 0.05) is 0 Å². The Kier molecular flexibility index (Phi) is 4.90. The van der Waals surface area contributed by atoms with Gasteiger partial charge in [-0.1, -0.05) is 31.2 Å². The standard InChI is InChI=1S/C19H25NO4/c1-13-6-9-19(10-7-13,18(22)23)20-17(21)12-16-15-5-3-2-4-14(15)8-11-24-16/h2-5,13,16H,6-12H2,1H3,(H,20,21)(H,22,23). The van der Waals surface area contributed by atoms with Gasteiger partial charge in [-0.2, -0.15) is 0 Å². The Balaban J connectivity index is 1.68. The predicted octanol–water partition coefficient (Wildman–Crippen LogP) is 2.84. The van der Waals surface area contributed by atoms with E-state index in [-0.39, 0.29) is 18.4 Å². The number of nitrogens with one attached hydrogen (secondary N) is 1. The molecule has 2 aliphatic rings. The highest BCUT2D eigenvalue weighted by atomic mass is 16.5. The zero-order valence-corrected chi connectivity index (χ0v) is 14.1. The van der Waals surface area contributed by atoms with Gasteiger partial charge in [-0.15, -0.1) is 0 Å². The summed E-state index contributed by atoms with van der Waals surface area (Å²) in [6.45, 7) is 2.72. The molecule has 5 nitrogen and oxygen atoms in total. The van der Waals surface area contributed by atoms with Crippen molar-refractivity contribution >= 4 is 11.9 Å². The van der Waals surface area contributed by atoms with Gasteiger partial charge in [0.25, 0.3) is 0 Å². The number of amides is 1. The molecule has 1 heterocycles. The van der Waals surface area contributed by atoms with Crippen LogP contribution < -0.4 is 5.32 Å². The quantitative estimate of drug-likeness (QED) is 0.889. The highest BCUT2D eigenvalue weighted by molar-refractivity contribution is 5.87. The largest absolute Gasteiger partial charge is 0.480 e. The lowest BCUT2D eigenvalue weighted by Crippen LogP contribution is -2.56. The fourth-order valence-electron chi connectivity index (χ4n) is 3.78. The third-order valence-corrected chi connectivity index (χ3v) is 5.38. The summed E-state index contributed by atoms with van der Waals surface area (Å²) in [4.78, 5) is 24.3. The van der Waals surface area contributed by atoms with Crippen LogP contribution in [0.1, 0.15) is 56.3 Å². The molecule has 1 aromatic rings. The van der Waals surface area contributed by atoms with Crippen molar-refractivity contribution < 1.29 is 19.4 Å². The van der Waals surface area contributed by atoms with Gasteiger partial charge in [0.15, 0.2) is 0 Å². The lowest BCUT2D eigenvalue weighted by atomic mass is 9.77. The fraction of sp³-hybridized carbons (Fsp3) is 0.579. The minimum absolute atomic E-state index is 0.168. The molecule has 1 aromatic carbocycles. The maximum atomic E-state index is 12.5. The molecule has 1 atom stereocenters. The van der Waals surface area contributed by atoms with E-state index in [4.69, 9.17) is 4.74 Å². The highest BCUT2D eigenvalue weighted by Crippen LogP contribution is 2.33. The van der Waals surface area contributed by atoms with Gasteiger partial charge < -0.3 is 15.2 Å². The van der Waals surface area contributed by atoms with Gasteiger partial charge in [-0.25, -0.2) is 4.79 Å². The molecule has 0 saturated heterocycles. The van der Waals surface area contributed by atoms with Gasteiger partial charge in [-0.3, -0.25) is 4.79 Å². The molecule has 0 aromatic heterocycles. The Bertz CT molecular complexity index is 620. The molecule has 1 amide bonds. The van der Waals surface area contributed by atoms with Gasteiger partial charge in [-0.05, 0) is 49.1 Å². The van der Waals surface area contributed by atoms with E-state index in [2.05, 4.69) is 18.3 Å². The summed E-state index contributed by atoms with van der Waals surface area (Å²) >= 11 is 0. The molecule has 130 valence electrons. The van der Waals surface area contributed by atoms with E-state index in [0.29, 0.717) is 25.4 Å². The maximum absolute atomic E-state index is 12.5. The van der Waals surface area contributed by atoms with E-state index in [0.717, 1.165) is 24.8 Å². The minimum Gasteiger partial charge on any atom is -0.480 e. The molecule has 0 radical (unpaired) electrons. The Labute approximate surface area is 142 Å². The van der Waals surface area contributed by atoms with Crippen LogP contribution in [0.4, 0.5) is 0 Å². The SMILES string of the molecule is CC1CCC(NC(=O)CC2OCCc3ccccc32)(C(=O)O)CC1. The molecule has 0 bridgehead atoms. The smallest absolute Gasteiger partial charge is 0.329 e. The minimum atomic E-state index is -1.11. The van der Waals surface area contributed by atoms with Crippen LogP contribution in [-0.4, -0.2) is 29.1 Å². The number of carbonyl (C=O) groups is 2. The van der Waals surface area contributed by atoms with E-state index >= 15 is 0 Å². The van der Waals surface area contributed by atoms with Gasteiger partial charge in [0.2, 0.25) is 5.91 Å². The third kappa shape index (κ3) is 3.46. The van der Waals surface area contributed by atoms with Crippen molar-refractivity contribution in [2.45, 2.75) is 57.1 Å². The molecular weight excluding hydrogens is 306 g/mol. The summed E-state index contributed by atoms with van der Waals surface area (Å²) in [6, 6.07) is 7.98. The van der Waals surface area contributed by atoms with Gasteiger partial charge in [0.05, 0.1) is 19.1 Å². The molecule has 2 N–H and O–H groups in total. The van der Waals surface area contributed by atoms with Crippen molar-refractivity contribution in [3.63, 3.8) is 0 Å². The van der Waals surface area contributed by atoms with Crippen molar-refractivity contribution in [2.75, 3.05) is 6.61 Å². The first-order valence-corrected chi connectivity index (χ1v) is 8.74. The second kappa shape index (κ2) is 6.93. The summed E-state index contributed by atoms with van der Waals surface area (Å²) in [5, 5.41) is 12.5. The van der Waals surface area contributed by atoms with Crippen molar-refractivity contribution in [1.29, 1.82) is 0 Å². The summed E-state index contributed by atoms with van der Waals surface area (Å²) in [5.41, 5.74) is 1.14. The number of rotatable bonds is 4. The van der Waals surface area contributed by atoms with Crippen LogP contribution in [0, 0.1) is 5.92 Å². The summed E-state index contributed by atoms with van der Waals surface area (Å²) in [6.07, 6.45) is 3.38. The second-order valence-corrected chi connectivity index (χ2v) is 7.13. The molecule has 5 heteroatoms. The molecule has 1 aliphatic heterocycles. The highest BCUT2D eigenvalue weighted by Gasteiger charge is 2.42. The number of fused-ring (bicyclic) bond motifs is 1. The Morgan fingerprint density at radius 1 is 1.29 bits per heavy atom. The zero-order valence-electron chi connectivity index (χ0n) is 14.1. The van der Waals surface area contributed by atoms with E-state index in [1.54, 1.807) is 0 Å². The summed E-state index contributed by atoms with van der Waals surface area (Å²) in [7, 11) is 0.